The summed E-state index contributed by atoms with van der Waals surface area (Å²) in [6, 6.07) is -0.634. The van der Waals surface area contributed by atoms with Gasteiger partial charge in [-0.25, -0.2) is 0 Å². The van der Waals surface area contributed by atoms with Crippen LogP contribution in [0.1, 0.15) is 239 Å². The molecule has 0 aliphatic rings. The number of carbonyl (C=O) groups is 1. The van der Waals surface area contributed by atoms with Gasteiger partial charge in [0, 0.05) is 6.42 Å². The minimum atomic E-state index is -0.857. The number of aliphatic hydroxyl groups excluding tert-OH is 2. The van der Waals surface area contributed by atoms with E-state index in [9.17, 15) is 15.0 Å². The Hall–Kier alpha value is -1.13. The predicted octanol–water partition coefficient (Wildman–Crippen LogP) is 13.6. The lowest BCUT2D eigenvalue weighted by Gasteiger charge is -2.19. The maximum absolute atomic E-state index is 12.4. The molecule has 0 aliphatic carbocycles. The van der Waals surface area contributed by atoms with Crippen LogP contribution in [0.2, 0.25) is 0 Å². The van der Waals surface area contributed by atoms with Gasteiger partial charge in [-0.3, -0.25) is 4.79 Å². The second-order valence-electron chi connectivity index (χ2n) is 15.1. The molecule has 49 heavy (non-hydrogen) atoms. The molecule has 3 N–H and O–H groups in total. The van der Waals surface area contributed by atoms with Crippen molar-refractivity contribution in [2.24, 2.45) is 0 Å². The summed E-state index contributed by atoms with van der Waals surface area (Å²) in [5, 5.41) is 23.0. The van der Waals surface area contributed by atoms with Crippen molar-refractivity contribution in [1.29, 1.82) is 0 Å². The van der Waals surface area contributed by atoms with Crippen LogP contribution in [0.4, 0.5) is 0 Å². The Labute approximate surface area is 307 Å². The highest BCUT2D eigenvalue weighted by Gasteiger charge is 2.17. The van der Waals surface area contributed by atoms with Crippen LogP contribution in [-0.2, 0) is 4.79 Å². The number of nitrogens with one attached hydrogen (secondary N) is 1. The van der Waals surface area contributed by atoms with Crippen molar-refractivity contribution >= 4 is 5.91 Å². The van der Waals surface area contributed by atoms with Crippen molar-refractivity contribution in [3.63, 3.8) is 0 Å². The molecule has 0 aromatic heterocycles. The van der Waals surface area contributed by atoms with E-state index in [-0.39, 0.29) is 12.5 Å². The quantitative estimate of drug-likeness (QED) is 0.0443. The van der Waals surface area contributed by atoms with Crippen LogP contribution in [-0.4, -0.2) is 34.9 Å². The average Bonchev–Trinajstić information content (AvgIpc) is 3.10. The largest absolute Gasteiger partial charge is 0.394 e. The minimum Gasteiger partial charge on any atom is -0.394 e. The molecule has 290 valence electrons. The third kappa shape index (κ3) is 37.9. The lowest BCUT2D eigenvalue weighted by atomic mass is 10.0. The van der Waals surface area contributed by atoms with Gasteiger partial charge in [0.1, 0.15) is 0 Å². The minimum absolute atomic E-state index is 0.0705. The molecule has 0 spiro atoms. The molecule has 0 saturated carbocycles. The Bertz CT molecular complexity index is 705. The predicted molar refractivity (Wildman–Crippen MR) is 216 cm³/mol. The maximum atomic E-state index is 12.4. The molecule has 0 unspecified atom stereocenters. The Morgan fingerprint density at radius 2 is 0.796 bits per heavy atom. The molecule has 0 rings (SSSR count). The van der Waals surface area contributed by atoms with Crippen molar-refractivity contribution in [2.45, 2.75) is 251 Å². The van der Waals surface area contributed by atoms with Crippen LogP contribution >= 0.6 is 0 Å². The third-order valence-corrected chi connectivity index (χ3v) is 10.2. The molecule has 0 heterocycles. The Morgan fingerprint density at radius 3 is 1.18 bits per heavy atom. The van der Waals surface area contributed by atoms with Gasteiger partial charge in [-0.05, 0) is 32.1 Å². The Morgan fingerprint density at radius 1 is 0.469 bits per heavy atom. The number of hydrogen-bond donors (Lipinski definition) is 3. The van der Waals surface area contributed by atoms with E-state index in [0.29, 0.717) is 6.42 Å². The summed E-state index contributed by atoms with van der Waals surface area (Å²) >= 11 is 0. The normalized spacial score (nSPS) is 13.1. The van der Waals surface area contributed by atoms with E-state index in [1.54, 1.807) is 6.08 Å². The zero-order valence-corrected chi connectivity index (χ0v) is 33.2. The molecule has 0 bridgehead atoms. The highest BCUT2D eigenvalue weighted by atomic mass is 16.3. The average molecular weight is 690 g/mol. The first kappa shape index (κ1) is 47.9. The summed E-state index contributed by atoms with van der Waals surface area (Å²) in [5.41, 5.74) is 0. The van der Waals surface area contributed by atoms with Gasteiger partial charge in [-0.15, -0.1) is 0 Å². The number of carbonyl (C=O) groups excluding carboxylic acids is 1. The zero-order valence-electron chi connectivity index (χ0n) is 33.2. The summed E-state index contributed by atoms with van der Waals surface area (Å²) in [4.78, 5) is 12.4. The van der Waals surface area contributed by atoms with Gasteiger partial charge >= 0.3 is 0 Å². The van der Waals surface area contributed by atoms with Gasteiger partial charge in [-0.2, -0.15) is 0 Å². The molecule has 1 amide bonds. The van der Waals surface area contributed by atoms with E-state index >= 15 is 0 Å². The number of allylic oxidation sites excluding steroid dienone is 3. The van der Waals surface area contributed by atoms with E-state index < -0.39 is 12.1 Å². The molecule has 0 aromatic rings. The van der Waals surface area contributed by atoms with Gasteiger partial charge in [0.15, 0.2) is 0 Å². The Kier molecular flexibility index (Phi) is 40.3. The molecular formula is C45H87NO3. The highest BCUT2D eigenvalue weighted by Crippen LogP contribution is 2.16. The van der Waals surface area contributed by atoms with E-state index in [1.165, 1.54) is 186 Å². The van der Waals surface area contributed by atoms with Crippen LogP contribution < -0.4 is 5.32 Å². The number of rotatable bonds is 40. The van der Waals surface area contributed by atoms with Gasteiger partial charge in [0.2, 0.25) is 5.91 Å². The lowest BCUT2D eigenvalue weighted by molar-refractivity contribution is -0.123. The molecule has 4 nitrogen and oxygen atoms in total. The molecule has 0 saturated heterocycles. The zero-order chi connectivity index (χ0) is 35.7. The fourth-order valence-corrected chi connectivity index (χ4v) is 6.78. The molecule has 2 atom stereocenters. The number of hydrogen-bond acceptors (Lipinski definition) is 3. The first-order valence-electron chi connectivity index (χ1n) is 22.1. The van der Waals surface area contributed by atoms with Crippen molar-refractivity contribution in [2.75, 3.05) is 6.61 Å². The fourth-order valence-electron chi connectivity index (χ4n) is 6.78. The van der Waals surface area contributed by atoms with Crippen LogP contribution in [0.5, 0.6) is 0 Å². The van der Waals surface area contributed by atoms with Crippen molar-refractivity contribution in [1.82, 2.24) is 5.32 Å². The second-order valence-corrected chi connectivity index (χ2v) is 15.1. The first-order valence-corrected chi connectivity index (χ1v) is 22.1. The van der Waals surface area contributed by atoms with Crippen LogP contribution in [0, 0.1) is 0 Å². The van der Waals surface area contributed by atoms with Crippen LogP contribution in [0.3, 0.4) is 0 Å². The third-order valence-electron chi connectivity index (χ3n) is 10.2. The molecular weight excluding hydrogens is 602 g/mol. The van der Waals surface area contributed by atoms with Gasteiger partial charge < -0.3 is 15.5 Å². The molecule has 0 fully saturated rings. The van der Waals surface area contributed by atoms with Crippen molar-refractivity contribution in [3.05, 3.63) is 24.3 Å². The highest BCUT2D eigenvalue weighted by molar-refractivity contribution is 5.76. The number of aliphatic hydroxyl groups is 2. The SMILES string of the molecule is CCCCCCCCCC/C=C/CC/C=C/[C@@H](O)[C@H](CO)NC(=O)CCCCCCCCCCCCCCCCCCCCCCCCC. The van der Waals surface area contributed by atoms with E-state index in [4.69, 9.17) is 0 Å². The molecule has 4 heteroatoms. The number of unbranched alkanes of at least 4 members (excludes halogenated alkanes) is 31. The fraction of sp³-hybridized carbons (Fsp3) is 0.889. The lowest BCUT2D eigenvalue weighted by Crippen LogP contribution is -2.45. The summed E-state index contributed by atoms with van der Waals surface area (Å²) in [7, 11) is 0. The van der Waals surface area contributed by atoms with E-state index in [2.05, 4.69) is 31.3 Å². The standard InChI is InChI=1S/C45H87NO3/c1-3-5-7-9-11-13-15-17-19-20-21-22-23-24-25-26-27-29-31-33-35-37-39-41-45(49)46-43(42-47)44(48)40-38-36-34-32-30-28-18-16-14-12-10-8-6-4-2/h30,32,38,40,43-44,47-48H,3-29,31,33-37,39,41-42H2,1-2H3,(H,46,49)/b32-30+,40-38+/t43-,44+/m0/s1. The van der Waals surface area contributed by atoms with Crippen LogP contribution in [0.25, 0.3) is 0 Å². The Balaban J connectivity index is 3.53. The summed E-state index contributed by atoms with van der Waals surface area (Å²) < 4.78 is 0. The molecule has 0 aliphatic heterocycles. The van der Waals surface area contributed by atoms with E-state index in [0.717, 1.165) is 32.1 Å². The summed E-state index contributed by atoms with van der Waals surface area (Å²) in [6.45, 7) is 4.30. The van der Waals surface area contributed by atoms with Gasteiger partial charge in [0.05, 0.1) is 18.8 Å². The van der Waals surface area contributed by atoms with E-state index in [1.807, 2.05) is 6.08 Å². The van der Waals surface area contributed by atoms with Gasteiger partial charge in [-0.1, -0.05) is 224 Å². The van der Waals surface area contributed by atoms with Gasteiger partial charge in [0.25, 0.3) is 0 Å². The summed E-state index contributed by atoms with van der Waals surface area (Å²) in [5.74, 6) is -0.0705. The maximum Gasteiger partial charge on any atom is 0.220 e. The summed E-state index contributed by atoms with van der Waals surface area (Å²) in [6.07, 6.45) is 52.9. The van der Waals surface area contributed by atoms with Crippen molar-refractivity contribution in [3.8, 4) is 0 Å². The second kappa shape index (κ2) is 41.3. The topological polar surface area (TPSA) is 69.6 Å². The van der Waals surface area contributed by atoms with Crippen LogP contribution in [0.15, 0.2) is 24.3 Å². The number of amides is 1. The molecule has 0 radical (unpaired) electrons. The first-order chi connectivity index (χ1) is 24.2. The van der Waals surface area contributed by atoms with Crippen molar-refractivity contribution < 1.29 is 15.0 Å². The molecule has 0 aromatic carbocycles. The monoisotopic (exact) mass is 690 g/mol. The smallest absolute Gasteiger partial charge is 0.220 e.